The van der Waals surface area contributed by atoms with E-state index in [9.17, 15) is 0 Å². The molecule has 0 atom stereocenters. The number of nitrogens with two attached hydrogens (primary N) is 1. The van der Waals surface area contributed by atoms with Gasteiger partial charge in [-0.15, -0.1) is 11.3 Å². The van der Waals surface area contributed by atoms with Gasteiger partial charge in [0.2, 0.25) is 0 Å². The molecule has 0 bridgehead atoms. The van der Waals surface area contributed by atoms with Gasteiger partial charge in [0.25, 0.3) is 0 Å². The van der Waals surface area contributed by atoms with Gasteiger partial charge in [0.15, 0.2) is 0 Å². The summed E-state index contributed by atoms with van der Waals surface area (Å²) >= 11 is 1.66. The number of ether oxygens (including phenoxy) is 1. The van der Waals surface area contributed by atoms with E-state index in [1.54, 1.807) is 11.3 Å². The molecule has 0 radical (unpaired) electrons. The third-order valence-electron chi connectivity index (χ3n) is 2.76. The molecule has 2 nitrogen and oxygen atoms in total. The smallest absolute Gasteiger partial charge is 0.124 e. The molecule has 1 aromatic carbocycles. The number of hydrogen-bond donors (Lipinski definition) is 1. The van der Waals surface area contributed by atoms with Crippen LogP contribution in [-0.2, 0) is 6.61 Å². The van der Waals surface area contributed by atoms with Crippen LogP contribution >= 0.6 is 11.3 Å². The fourth-order valence-electron chi connectivity index (χ4n) is 1.81. The lowest BCUT2D eigenvalue weighted by Gasteiger charge is -2.09. The Bertz CT molecular complexity index is 619. The van der Waals surface area contributed by atoms with Crippen LogP contribution in [0.2, 0.25) is 0 Å². The second-order valence-electron chi connectivity index (χ2n) is 4.32. The van der Waals surface area contributed by atoms with Crippen molar-refractivity contribution in [2.45, 2.75) is 20.5 Å². The standard InChI is InChI=1S/C16H17NOS/c1-12-5-6-15(13(2)10-12)18-11-16-14(4-3-8-17)7-9-19-16/h5-7,9-10H,8,11,17H2,1-2H3. The number of rotatable bonds is 3. The van der Waals surface area contributed by atoms with Crippen molar-refractivity contribution < 1.29 is 4.74 Å². The van der Waals surface area contributed by atoms with E-state index in [1.165, 1.54) is 5.56 Å². The van der Waals surface area contributed by atoms with E-state index in [2.05, 4.69) is 37.8 Å². The molecule has 19 heavy (non-hydrogen) atoms. The van der Waals surface area contributed by atoms with Crippen LogP contribution in [0.4, 0.5) is 0 Å². The molecule has 0 aliphatic heterocycles. The first kappa shape index (κ1) is 13.7. The van der Waals surface area contributed by atoms with Gasteiger partial charge in [-0.2, -0.15) is 0 Å². The molecule has 2 aromatic rings. The van der Waals surface area contributed by atoms with E-state index in [4.69, 9.17) is 10.5 Å². The molecular weight excluding hydrogens is 254 g/mol. The molecule has 98 valence electrons. The van der Waals surface area contributed by atoms with Crippen molar-refractivity contribution in [1.82, 2.24) is 0 Å². The summed E-state index contributed by atoms with van der Waals surface area (Å²) in [7, 11) is 0. The largest absolute Gasteiger partial charge is 0.488 e. The van der Waals surface area contributed by atoms with E-state index in [0.717, 1.165) is 21.8 Å². The van der Waals surface area contributed by atoms with E-state index >= 15 is 0 Å². The fourth-order valence-corrected chi connectivity index (χ4v) is 2.56. The highest BCUT2D eigenvalue weighted by Gasteiger charge is 2.05. The van der Waals surface area contributed by atoms with Crippen LogP contribution in [0.3, 0.4) is 0 Å². The molecule has 0 unspecified atom stereocenters. The van der Waals surface area contributed by atoms with Gasteiger partial charge in [0, 0.05) is 5.56 Å². The Hall–Kier alpha value is -1.76. The quantitative estimate of drug-likeness (QED) is 0.870. The average molecular weight is 271 g/mol. The highest BCUT2D eigenvalue weighted by Crippen LogP contribution is 2.22. The van der Waals surface area contributed by atoms with Crippen LogP contribution in [-0.4, -0.2) is 6.54 Å². The van der Waals surface area contributed by atoms with Gasteiger partial charge in [-0.05, 0) is 36.9 Å². The van der Waals surface area contributed by atoms with Crippen molar-refractivity contribution in [3.8, 4) is 17.6 Å². The Morgan fingerprint density at radius 1 is 1.26 bits per heavy atom. The summed E-state index contributed by atoms with van der Waals surface area (Å²) in [5, 5.41) is 2.03. The molecule has 0 fully saturated rings. The Balaban J connectivity index is 2.08. The third-order valence-corrected chi connectivity index (χ3v) is 3.65. The van der Waals surface area contributed by atoms with Crippen molar-refractivity contribution in [3.05, 3.63) is 51.2 Å². The second-order valence-corrected chi connectivity index (χ2v) is 5.32. The van der Waals surface area contributed by atoms with Crippen molar-refractivity contribution in [2.24, 2.45) is 5.73 Å². The van der Waals surface area contributed by atoms with Gasteiger partial charge in [0.1, 0.15) is 12.4 Å². The summed E-state index contributed by atoms with van der Waals surface area (Å²) in [6.45, 7) is 5.08. The van der Waals surface area contributed by atoms with E-state index in [0.29, 0.717) is 13.2 Å². The molecule has 0 saturated carbocycles. The molecule has 2 rings (SSSR count). The van der Waals surface area contributed by atoms with E-state index in [-0.39, 0.29) is 0 Å². The van der Waals surface area contributed by atoms with Gasteiger partial charge >= 0.3 is 0 Å². The number of benzene rings is 1. The molecule has 0 aliphatic carbocycles. The number of thiophene rings is 1. The molecule has 0 amide bonds. The monoisotopic (exact) mass is 271 g/mol. The maximum Gasteiger partial charge on any atom is 0.124 e. The van der Waals surface area contributed by atoms with Crippen molar-refractivity contribution >= 4 is 11.3 Å². The Labute approximate surface area is 118 Å². The SMILES string of the molecule is Cc1ccc(OCc2sccc2C#CCN)c(C)c1. The minimum absolute atomic E-state index is 0.382. The topological polar surface area (TPSA) is 35.2 Å². The van der Waals surface area contributed by atoms with Crippen LogP contribution in [0.25, 0.3) is 0 Å². The maximum atomic E-state index is 5.87. The zero-order valence-electron chi connectivity index (χ0n) is 11.2. The van der Waals surface area contributed by atoms with Crippen LogP contribution in [0.1, 0.15) is 21.6 Å². The molecule has 0 aliphatic rings. The molecule has 1 heterocycles. The zero-order chi connectivity index (χ0) is 13.7. The Morgan fingerprint density at radius 3 is 2.84 bits per heavy atom. The summed E-state index contributed by atoms with van der Waals surface area (Å²) in [4.78, 5) is 1.14. The first-order valence-corrected chi connectivity index (χ1v) is 7.04. The normalized spacial score (nSPS) is 9.84. The molecule has 1 aromatic heterocycles. The molecule has 2 N–H and O–H groups in total. The fraction of sp³-hybridized carbons (Fsp3) is 0.250. The number of hydrogen-bond acceptors (Lipinski definition) is 3. The van der Waals surface area contributed by atoms with Crippen LogP contribution in [0.15, 0.2) is 29.6 Å². The summed E-state index contributed by atoms with van der Waals surface area (Å²) < 4.78 is 5.87. The lowest BCUT2D eigenvalue weighted by Crippen LogP contribution is -1.97. The highest BCUT2D eigenvalue weighted by atomic mass is 32.1. The van der Waals surface area contributed by atoms with Crippen LogP contribution in [0, 0.1) is 25.7 Å². The summed E-state index contributed by atoms with van der Waals surface area (Å²) in [6, 6.07) is 8.21. The molecule has 0 spiro atoms. The van der Waals surface area contributed by atoms with Crippen LogP contribution < -0.4 is 10.5 Å². The summed E-state index contributed by atoms with van der Waals surface area (Å²) in [5.41, 5.74) is 8.81. The van der Waals surface area contributed by atoms with Crippen molar-refractivity contribution in [1.29, 1.82) is 0 Å². The molecular formula is C16H17NOS. The summed E-state index contributed by atoms with van der Waals surface area (Å²) in [5.74, 6) is 6.87. The van der Waals surface area contributed by atoms with Gasteiger partial charge < -0.3 is 10.5 Å². The van der Waals surface area contributed by atoms with Crippen LogP contribution in [0.5, 0.6) is 5.75 Å². The van der Waals surface area contributed by atoms with Gasteiger partial charge in [-0.3, -0.25) is 0 Å². The minimum atomic E-state index is 0.382. The van der Waals surface area contributed by atoms with Gasteiger partial charge in [0.05, 0.1) is 11.4 Å². The van der Waals surface area contributed by atoms with Crippen molar-refractivity contribution in [3.63, 3.8) is 0 Å². The third kappa shape index (κ3) is 3.60. The van der Waals surface area contributed by atoms with Gasteiger partial charge in [-0.25, -0.2) is 0 Å². The van der Waals surface area contributed by atoms with Gasteiger partial charge in [-0.1, -0.05) is 29.5 Å². The minimum Gasteiger partial charge on any atom is -0.488 e. The van der Waals surface area contributed by atoms with E-state index < -0.39 is 0 Å². The first-order valence-electron chi connectivity index (χ1n) is 6.16. The lowest BCUT2D eigenvalue weighted by molar-refractivity contribution is 0.307. The Morgan fingerprint density at radius 2 is 2.11 bits per heavy atom. The maximum absolute atomic E-state index is 5.87. The number of aryl methyl sites for hydroxylation is 2. The zero-order valence-corrected chi connectivity index (χ0v) is 12.0. The predicted octanol–water partition coefficient (Wildman–Crippen LogP) is 3.25. The average Bonchev–Trinajstić information content (AvgIpc) is 2.83. The molecule has 0 saturated heterocycles. The predicted molar refractivity (Wildman–Crippen MR) is 80.5 cm³/mol. The van der Waals surface area contributed by atoms with E-state index in [1.807, 2.05) is 17.5 Å². The summed E-state index contributed by atoms with van der Waals surface area (Å²) in [6.07, 6.45) is 0. The lowest BCUT2D eigenvalue weighted by atomic mass is 10.1. The highest BCUT2D eigenvalue weighted by molar-refractivity contribution is 7.10. The second kappa shape index (κ2) is 6.42. The first-order chi connectivity index (χ1) is 9.20. The molecule has 3 heteroatoms. The Kier molecular flexibility index (Phi) is 4.62. The van der Waals surface area contributed by atoms with Crippen molar-refractivity contribution in [2.75, 3.05) is 6.54 Å².